The molecule has 0 atom stereocenters. The number of halogens is 1. The molecule has 0 radical (unpaired) electrons. The molecule has 2 aromatic rings. The van der Waals surface area contributed by atoms with E-state index < -0.39 is 0 Å². The Morgan fingerprint density at radius 1 is 1.23 bits per heavy atom. The molecule has 1 amide bonds. The van der Waals surface area contributed by atoms with Gasteiger partial charge in [0.1, 0.15) is 17.8 Å². The van der Waals surface area contributed by atoms with Crippen molar-refractivity contribution >= 4 is 29.0 Å². The Kier molecular flexibility index (Phi) is 4.50. The Balaban J connectivity index is 1.77. The molecule has 1 N–H and O–H groups in total. The van der Waals surface area contributed by atoms with Crippen LogP contribution in [-0.4, -0.2) is 47.1 Å². The van der Waals surface area contributed by atoms with Crippen molar-refractivity contribution in [3.63, 3.8) is 0 Å². The molecule has 7 heteroatoms. The average molecular weight is 319 g/mol. The number of nitrogens with one attached hydrogen (secondary N) is 1. The normalized spacial score (nSPS) is 14.7. The molecule has 1 saturated heterocycles. The Morgan fingerprint density at radius 2 is 2.00 bits per heavy atom. The van der Waals surface area contributed by atoms with Gasteiger partial charge in [-0.15, -0.1) is 0 Å². The average Bonchev–Trinajstić information content (AvgIpc) is 2.57. The molecule has 1 aromatic heterocycles. The van der Waals surface area contributed by atoms with Crippen molar-refractivity contribution in [1.82, 2.24) is 14.9 Å². The standard InChI is InChI=1S/C15H15ClN4O2/c16-11-3-1-2-4-12(11)19-14-9-13(17-10-18-14)15(21)20-5-7-22-8-6-20/h1-4,9-10H,5-8H2,(H,17,18,19). The summed E-state index contributed by atoms with van der Waals surface area (Å²) >= 11 is 6.10. The van der Waals surface area contributed by atoms with E-state index in [9.17, 15) is 4.79 Å². The quantitative estimate of drug-likeness (QED) is 0.941. The third-order valence-electron chi connectivity index (χ3n) is 3.32. The van der Waals surface area contributed by atoms with Crippen LogP contribution in [0.15, 0.2) is 36.7 Å². The van der Waals surface area contributed by atoms with Gasteiger partial charge in [-0.05, 0) is 12.1 Å². The van der Waals surface area contributed by atoms with Crippen LogP contribution in [0.5, 0.6) is 0 Å². The van der Waals surface area contributed by atoms with Crippen molar-refractivity contribution in [3.05, 3.63) is 47.4 Å². The lowest BCUT2D eigenvalue weighted by atomic mass is 10.3. The number of aromatic nitrogens is 2. The summed E-state index contributed by atoms with van der Waals surface area (Å²) in [6, 6.07) is 8.97. The molecule has 0 unspecified atom stereocenters. The molecule has 1 aliphatic rings. The molecule has 0 bridgehead atoms. The Bertz CT molecular complexity index is 674. The van der Waals surface area contributed by atoms with Gasteiger partial charge in [-0.2, -0.15) is 0 Å². The van der Waals surface area contributed by atoms with Gasteiger partial charge in [0.25, 0.3) is 5.91 Å². The lowest BCUT2D eigenvalue weighted by molar-refractivity contribution is 0.0299. The summed E-state index contributed by atoms with van der Waals surface area (Å²) in [7, 11) is 0. The van der Waals surface area contributed by atoms with Gasteiger partial charge in [-0.1, -0.05) is 23.7 Å². The SMILES string of the molecule is O=C(c1cc(Nc2ccccc2Cl)ncn1)N1CCOCC1. The number of hydrogen-bond donors (Lipinski definition) is 1. The summed E-state index contributed by atoms with van der Waals surface area (Å²) in [6.07, 6.45) is 1.37. The van der Waals surface area contributed by atoms with Gasteiger partial charge in [0, 0.05) is 19.2 Å². The minimum absolute atomic E-state index is 0.118. The summed E-state index contributed by atoms with van der Waals surface area (Å²) in [4.78, 5) is 22.3. The molecule has 0 aliphatic carbocycles. The number of morpholine rings is 1. The Labute approximate surface area is 133 Å². The fraction of sp³-hybridized carbons (Fsp3) is 0.267. The molecule has 22 heavy (non-hydrogen) atoms. The fourth-order valence-corrected chi connectivity index (χ4v) is 2.35. The smallest absolute Gasteiger partial charge is 0.272 e. The first-order chi connectivity index (χ1) is 10.7. The topological polar surface area (TPSA) is 67.4 Å². The van der Waals surface area contributed by atoms with E-state index in [0.717, 1.165) is 5.69 Å². The number of hydrogen-bond acceptors (Lipinski definition) is 5. The zero-order valence-electron chi connectivity index (χ0n) is 11.8. The van der Waals surface area contributed by atoms with Crippen molar-refractivity contribution in [2.45, 2.75) is 0 Å². The molecule has 3 rings (SSSR count). The highest BCUT2D eigenvalue weighted by Gasteiger charge is 2.20. The summed E-state index contributed by atoms with van der Waals surface area (Å²) in [5, 5.41) is 3.68. The van der Waals surface area contributed by atoms with Crippen LogP contribution in [0.1, 0.15) is 10.5 Å². The summed E-state index contributed by atoms with van der Waals surface area (Å²) in [5.41, 5.74) is 1.08. The van der Waals surface area contributed by atoms with Gasteiger partial charge in [0.05, 0.1) is 23.9 Å². The second kappa shape index (κ2) is 6.72. The van der Waals surface area contributed by atoms with Gasteiger partial charge >= 0.3 is 0 Å². The monoisotopic (exact) mass is 318 g/mol. The van der Waals surface area contributed by atoms with Gasteiger partial charge in [-0.3, -0.25) is 4.79 Å². The van der Waals surface area contributed by atoms with Gasteiger partial charge in [-0.25, -0.2) is 9.97 Å². The predicted molar refractivity (Wildman–Crippen MR) is 83.5 cm³/mol. The lowest BCUT2D eigenvalue weighted by Gasteiger charge is -2.26. The highest BCUT2D eigenvalue weighted by Crippen LogP contribution is 2.24. The van der Waals surface area contributed by atoms with Crippen molar-refractivity contribution in [2.75, 3.05) is 31.6 Å². The first kappa shape index (κ1) is 14.7. The minimum atomic E-state index is -0.118. The summed E-state index contributed by atoms with van der Waals surface area (Å²) in [6.45, 7) is 2.27. The van der Waals surface area contributed by atoms with Gasteiger partial charge < -0.3 is 15.0 Å². The van der Waals surface area contributed by atoms with E-state index in [2.05, 4.69) is 15.3 Å². The molecule has 2 heterocycles. The minimum Gasteiger partial charge on any atom is -0.378 e. The number of nitrogens with zero attached hydrogens (tertiary/aromatic N) is 3. The third-order valence-corrected chi connectivity index (χ3v) is 3.65. The first-order valence-electron chi connectivity index (χ1n) is 6.94. The number of carbonyl (C=O) groups excluding carboxylic acids is 1. The second-order valence-corrected chi connectivity index (χ2v) is 5.21. The maximum atomic E-state index is 12.4. The highest BCUT2D eigenvalue weighted by molar-refractivity contribution is 6.33. The van der Waals surface area contributed by atoms with Crippen LogP contribution in [0.3, 0.4) is 0 Å². The van der Waals surface area contributed by atoms with E-state index in [1.54, 1.807) is 17.0 Å². The van der Waals surface area contributed by atoms with Crippen molar-refractivity contribution < 1.29 is 9.53 Å². The van der Waals surface area contributed by atoms with E-state index in [4.69, 9.17) is 16.3 Å². The molecule has 1 aliphatic heterocycles. The number of benzene rings is 1. The molecule has 1 fully saturated rings. The number of amides is 1. The summed E-state index contributed by atoms with van der Waals surface area (Å²) in [5.74, 6) is 0.410. The van der Waals surface area contributed by atoms with E-state index in [-0.39, 0.29) is 5.91 Å². The van der Waals surface area contributed by atoms with Crippen molar-refractivity contribution in [3.8, 4) is 0 Å². The molecular weight excluding hydrogens is 304 g/mol. The van der Waals surface area contributed by atoms with Crippen LogP contribution in [0.2, 0.25) is 5.02 Å². The van der Waals surface area contributed by atoms with Crippen LogP contribution in [0.25, 0.3) is 0 Å². The van der Waals surface area contributed by atoms with Gasteiger partial charge in [0.15, 0.2) is 0 Å². The van der Waals surface area contributed by atoms with Crippen molar-refractivity contribution in [2.24, 2.45) is 0 Å². The van der Waals surface area contributed by atoms with E-state index >= 15 is 0 Å². The number of rotatable bonds is 3. The number of ether oxygens (including phenoxy) is 1. The number of carbonyl (C=O) groups is 1. The van der Waals surface area contributed by atoms with E-state index in [1.807, 2.05) is 18.2 Å². The number of para-hydroxylation sites is 1. The molecular formula is C15H15ClN4O2. The molecule has 114 valence electrons. The molecule has 0 spiro atoms. The fourth-order valence-electron chi connectivity index (χ4n) is 2.17. The first-order valence-corrected chi connectivity index (χ1v) is 7.32. The molecule has 0 saturated carbocycles. The Hall–Kier alpha value is -2.18. The Morgan fingerprint density at radius 3 is 2.77 bits per heavy atom. The second-order valence-electron chi connectivity index (χ2n) is 4.80. The van der Waals surface area contributed by atoms with Crippen LogP contribution < -0.4 is 5.32 Å². The highest BCUT2D eigenvalue weighted by atomic mass is 35.5. The van der Waals surface area contributed by atoms with E-state index in [0.29, 0.717) is 42.8 Å². The molecule has 6 nitrogen and oxygen atoms in total. The molecule has 1 aromatic carbocycles. The van der Waals surface area contributed by atoms with Crippen LogP contribution in [-0.2, 0) is 4.74 Å². The largest absolute Gasteiger partial charge is 0.378 e. The van der Waals surface area contributed by atoms with E-state index in [1.165, 1.54) is 6.33 Å². The zero-order chi connectivity index (χ0) is 15.4. The summed E-state index contributed by atoms with van der Waals surface area (Å²) < 4.78 is 5.25. The third kappa shape index (κ3) is 3.35. The lowest BCUT2D eigenvalue weighted by Crippen LogP contribution is -2.41. The van der Waals surface area contributed by atoms with Crippen LogP contribution in [0, 0.1) is 0 Å². The van der Waals surface area contributed by atoms with Gasteiger partial charge in [0.2, 0.25) is 0 Å². The maximum Gasteiger partial charge on any atom is 0.272 e. The van der Waals surface area contributed by atoms with Crippen LogP contribution in [0.4, 0.5) is 11.5 Å². The van der Waals surface area contributed by atoms with Crippen molar-refractivity contribution in [1.29, 1.82) is 0 Å². The maximum absolute atomic E-state index is 12.4. The van der Waals surface area contributed by atoms with Crippen LogP contribution >= 0.6 is 11.6 Å². The zero-order valence-corrected chi connectivity index (χ0v) is 12.6. The predicted octanol–water partition coefficient (Wildman–Crippen LogP) is 2.35. The number of anilines is 2.